The molecule has 0 aliphatic heterocycles. The summed E-state index contributed by atoms with van der Waals surface area (Å²) in [6.45, 7) is 0. The van der Waals surface area contributed by atoms with Crippen molar-refractivity contribution < 1.29 is 14.5 Å². The number of thioether (sulfide) groups is 1. The van der Waals surface area contributed by atoms with Gasteiger partial charge in [-0.2, -0.15) is 5.10 Å². The highest BCUT2D eigenvalue weighted by Gasteiger charge is 2.14. The van der Waals surface area contributed by atoms with Gasteiger partial charge in [0.05, 0.1) is 24.0 Å². The van der Waals surface area contributed by atoms with Crippen molar-refractivity contribution >= 4 is 29.6 Å². The van der Waals surface area contributed by atoms with Crippen molar-refractivity contribution in [3.8, 4) is 5.75 Å². The number of benzene rings is 2. The van der Waals surface area contributed by atoms with Gasteiger partial charge in [-0.15, -0.1) is 11.8 Å². The molecule has 1 N–H and O–H groups in total. The predicted octanol–water partition coefficient (Wildman–Crippen LogP) is 2.99. The van der Waals surface area contributed by atoms with Crippen molar-refractivity contribution in [1.82, 2.24) is 5.43 Å². The lowest BCUT2D eigenvalue weighted by atomic mass is 10.2. The fraction of sp³-hybridized carbons (Fsp3) is 0.176. The summed E-state index contributed by atoms with van der Waals surface area (Å²) in [4.78, 5) is 22.2. The Morgan fingerprint density at radius 2 is 2.08 bits per heavy atom. The van der Waals surface area contributed by atoms with Crippen molar-refractivity contribution in [1.29, 1.82) is 0 Å². The molecule has 1 amide bonds. The van der Waals surface area contributed by atoms with Gasteiger partial charge in [-0.1, -0.05) is 30.3 Å². The number of ether oxygens (including phenoxy) is 1. The Morgan fingerprint density at radius 3 is 2.76 bits per heavy atom. The minimum absolute atomic E-state index is 0.156. The number of nitro groups is 1. The van der Waals surface area contributed by atoms with Crippen molar-refractivity contribution in [2.75, 3.05) is 12.9 Å². The Labute approximate surface area is 149 Å². The third kappa shape index (κ3) is 5.92. The van der Waals surface area contributed by atoms with E-state index in [0.717, 1.165) is 11.3 Å². The zero-order valence-corrected chi connectivity index (χ0v) is 14.4. The highest BCUT2D eigenvalue weighted by molar-refractivity contribution is 7.99. The Bertz CT molecular complexity index is 766. The summed E-state index contributed by atoms with van der Waals surface area (Å²) in [5.74, 6) is 0.946. The second-order valence-electron chi connectivity index (χ2n) is 4.96. The molecule has 0 atom stereocenters. The molecule has 0 spiro atoms. The summed E-state index contributed by atoms with van der Waals surface area (Å²) in [6.07, 6.45) is 1.35. The molecular weight excluding hydrogens is 342 g/mol. The van der Waals surface area contributed by atoms with Gasteiger partial charge in [0.1, 0.15) is 0 Å². The zero-order valence-electron chi connectivity index (χ0n) is 13.5. The third-order valence-corrected chi connectivity index (χ3v) is 4.15. The Kier molecular flexibility index (Phi) is 6.97. The van der Waals surface area contributed by atoms with Crippen LogP contribution in [0.2, 0.25) is 0 Å². The van der Waals surface area contributed by atoms with E-state index >= 15 is 0 Å². The number of carbonyl (C=O) groups is 1. The van der Waals surface area contributed by atoms with Crippen molar-refractivity contribution in [2.24, 2.45) is 5.10 Å². The van der Waals surface area contributed by atoms with Crippen LogP contribution in [0.5, 0.6) is 5.75 Å². The normalized spacial score (nSPS) is 10.6. The molecule has 0 aliphatic carbocycles. The number of nitrogens with zero attached hydrogens (tertiary/aromatic N) is 2. The minimum atomic E-state index is -0.533. The largest absolute Gasteiger partial charge is 0.490 e. The van der Waals surface area contributed by atoms with E-state index in [0.29, 0.717) is 5.56 Å². The zero-order chi connectivity index (χ0) is 18.1. The summed E-state index contributed by atoms with van der Waals surface area (Å²) >= 11 is 1.48. The molecule has 0 saturated heterocycles. The average molecular weight is 359 g/mol. The van der Waals surface area contributed by atoms with Crippen LogP contribution in [-0.2, 0) is 10.5 Å². The molecule has 0 fully saturated rings. The molecule has 0 unspecified atom stereocenters. The molecule has 130 valence electrons. The van der Waals surface area contributed by atoms with E-state index in [4.69, 9.17) is 4.74 Å². The maximum absolute atomic E-state index is 11.7. The lowest BCUT2D eigenvalue weighted by Crippen LogP contribution is -2.19. The number of nitro benzene ring substituents is 1. The first-order chi connectivity index (χ1) is 12.1. The minimum Gasteiger partial charge on any atom is -0.490 e. The fourth-order valence-corrected chi connectivity index (χ4v) is 2.76. The van der Waals surface area contributed by atoms with Gasteiger partial charge < -0.3 is 4.74 Å². The highest BCUT2D eigenvalue weighted by Crippen LogP contribution is 2.26. The number of carbonyl (C=O) groups excluding carboxylic acids is 1. The molecule has 2 aromatic carbocycles. The third-order valence-electron chi connectivity index (χ3n) is 3.15. The van der Waals surface area contributed by atoms with Gasteiger partial charge in [0.2, 0.25) is 5.91 Å². The Morgan fingerprint density at radius 1 is 1.32 bits per heavy atom. The summed E-state index contributed by atoms with van der Waals surface area (Å²) in [6, 6.07) is 14.3. The second kappa shape index (κ2) is 9.43. The smallest absolute Gasteiger partial charge is 0.311 e. The van der Waals surface area contributed by atoms with Gasteiger partial charge in [0, 0.05) is 17.4 Å². The lowest BCUT2D eigenvalue weighted by Gasteiger charge is -2.02. The van der Waals surface area contributed by atoms with Gasteiger partial charge in [-0.05, 0) is 17.7 Å². The van der Waals surface area contributed by atoms with Gasteiger partial charge in [-0.25, -0.2) is 5.43 Å². The molecule has 0 heterocycles. The summed E-state index contributed by atoms with van der Waals surface area (Å²) in [7, 11) is 1.36. The maximum atomic E-state index is 11.7. The Hall–Kier alpha value is -2.87. The van der Waals surface area contributed by atoms with E-state index in [2.05, 4.69) is 10.5 Å². The van der Waals surface area contributed by atoms with Crippen LogP contribution in [0.4, 0.5) is 5.69 Å². The molecule has 7 nitrogen and oxygen atoms in total. The molecular formula is C17H17N3O4S. The molecule has 0 bridgehead atoms. The summed E-state index contributed by atoms with van der Waals surface area (Å²) in [5.41, 5.74) is 3.89. The van der Waals surface area contributed by atoms with Gasteiger partial charge in [0.25, 0.3) is 0 Å². The number of hydrogen-bond donors (Lipinski definition) is 1. The van der Waals surface area contributed by atoms with Crippen LogP contribution in [0.1, 0.15) is 11.1 Å². The number of hydrazone groups is 1. The highest BCUT2D eigenvalue weighted by atomic mass is 32.2. The monoisotopic (exact) mass is 359 g/mol. The van der Waals surface area contributed by atoms with Crippen molar-refractivity contribution in [3.63, 3.8) is 0 Å². The first-order valence-electron chi connectivity index (χ1n) is 7.36. The van der Waals surface area contributed by atoms with Crippen LogP contribution in [0.3, 0.4) is 0 Å². The number of methoxy groups -OCH3 is 1. The van der Waals surface area contributed by atoms with Crippen molar-refractivity contribution in [2.45, 2.75) is 5.75 Å². The second-order valence-corrected chi connectivity index (χ2v) is 5.95. The number of hydrogen-bond acceptors (Lipinski definition) is 6. The molecule has 2 rings (SSSR count). The predicted molar refractivity (Wildman–Crippen MR) is 98.0 cm³/mol. The SMILES string of the molecule is COc1ccc(/C=N\NC(=O)CSCc2ccccc2)cc1[N+](=O)[O-]. The Balaban J connectivity index is 1.83. The topological polar surface area (TPSA) is 93.8 Å². The average Bonchev–Trinajstić information content (AvgIpc) is 2.62. The lowest BCUT2D eigenvalue weighted by molar-refractivity contribution is -0.385. The van der Waals surface area contributed by atoms with Crippen LogP contribution < -0.4 is 10.2 Å². The fourth-order valence-electron chi connectivity index (χ4n) is 1.98. The van der Waals surface area contributed by atoms with Gasteiger partial charge in [-0.3, -0.25) is 14.9 Å². The van der Waals surface area contributed by atoms with Gasteiger partial charge >= 0.3 is 5.69 Å². The van der Waals surface area contributed by atoms with Crippen LogP contribution >= 0.6 is 11.8 Å². The number of rotatable bonds is 8. The van der Waals surface area contributed by atoms with E-state index in [9.17, 15) is 14.9 Å². The summed E-state index contributed by atoms with van der Waals surface area (Å²) < 4.78 is 4.93. The molecule has 0 aliphatic rings. The van der Waals surface area contributed by atoms with Crippen LogP contribution in [0.25, 0.3) is 0 Å². The first-order valence-corrected chi connectivity index (χ1v) is 8.51. The van der Waals surface area contributed by atoms with E-state index in [1.165, 1.54) is 37.2 Å². The number of amides is 1. The standard InChI is InChI=1S/C17H17N3O4S/c1-24-16-8-7-14(9-15(16)20(22)23)10-18-19-17(21)12-25-11-13-5-3-2-4-6-13/h2-10H,11-12H2,1H3,(H,19,21)/b18-10-. The molecule has 0 radical (unpaired) electrons. The van der Waals surface area contributed by atoms with E-state index in [-0.39, 0.29) is 23.1 Å². The van der Waals surface area contributed by atoms with E-state index < -0.39 is 4.92 Å². The maximum Gasteiger partial charge on any atom is 0.311 e. The first kappa shape index (κ1) is 18.5. The molecule has 25 heavy (non-hydrogen) atoms. The number of nitrogens with one attached hydrogen (secondary N) is 1. The van der Waals surface area contributed by atoms with E-state index in [1.807, 2.05) is 30.3 Å². The molecule has 0 aromatic heterocycles. The quantitative estimate of drug-likeness (QED) is 0.444. The summed E-state index contributed by atoms with van der Waals surface area (Å²) in [5, 5.41) is 14.8. The van der Waals surface area contributed by atoms with Crippen LogP contribution in [0.15, 0.2) is 53.6 Å². The molecule has 2 aromatic rings. The van der Waals surface area contributed by atoms with Gasteiger partial charge in [0.15, 0.2) is 5.75 Å². The molecule has 0 saturated carbocycles. The van der Waals surface area contributed by atoms with E-state index in [1.54, 1.807) is 6.07 Å². The van der Waals surface area contributed by atoms with Crippen molar-refractivity contribution in [3.05, 3.63) is 69.8 Å². The molecule has 8 heteroatoms. The van der Waals surface area contributed by atoms with Crippen LogP contribution in [0, 0.1) is 10.1 Å². The van der Waals surface area contributed by atoms with Crippen LogP contribution in [-0.4, -0.2) is 29.9 Å².